The molecule has 4 nitrogen and oxygen atoms in total. The van der Waals surface area contributed by atoms with Gasteiger partial charge in [-0.3, -0.25) is 4.79 Å². The van der Waals surface area contributed by atoms with Crippen molar-refractivity contribution in [2.45, 2.75) is 51.0 Å². The predicted molar refractivity (Wildman–Crippen MR) is 80.9 cm³/mol. The maximum atomic E-state index is 12.0. The Hall–Kier alpha value is -1.84. The topological polar surface area (TPSA) is 66.4 Å². The molecule has 0 aromatic heterocycles. The Morgan fingerprint density at radius 1 is 1.19 bits per heavy atom. The van der Waals surface area contributed by atoms with Crippen molar-refractivity contribution >= 4 is 11.9 Å². The van der Waals surface area contributed by atoms with Gasteiger partial charge in [-0.2, -0.15) is 0 Å². The Balaban J connectivity index is 1.81. The van der Waals surface area contributed by atoms with Gasteiger partial charge >= 0.3 is 5.97 Å². The quantitative estimate of drug-likeness (QED) is 0.811. The van der Waals surface area contributed by atoms with E-state index in [9.17, 15) is 14.7 Å². The van der Waals surface area contributed by atoms with E-state index in [4.69, 9.17) is 0 Å². The van der Waals surface area contributed by atoms with Gasteiger partial charge in [0.15, 0.2) is 0 Å². The molecule has 0 spiro atoms. The smallest absolute Gasteiger partial charge is 0.326 e. The molecule has 1 saturated carbocycles. The zero-order valence-corrected chi connectivity index (χ0v) is 12.3. The van der Waals surface area contributed by atoms with Crippen molar-refractivity contribution in [1.29, 1.82) is 0 Å². The molecule has 0 heterocycles. The third kappa shape index (κ3) is 5.21. The number of carbonyl (C=O) groups is 2. The minimum absolute atomic E-state index is 0.123. The van der Waals surface area contributed by atoms with Gasteiger partial charge in [0, 0.05) is 6.42 Å². The van der Waals surface area contributed by atoms with Crippen molar-refractivity contribution in [3.05, 3.63) is 35.9 Å². The van der Waals surface area contributed by atoms with E-state index >= 15 is 0 Å². The highest BCUT2D eigenvalue weighted by Crippen LogP contribution is 2.27. The van der Waals surface area contributed by atoms with Crippen LogP contribution in [0.15, 0.2) is 30.3 Å². The van der Waals surface area contributed by atoms with E-state index in [1.165, 1.54) is 12.8 Å². The van der Waals surface area contributed by atoms with Crippen LogP contribution in [0.25, 0.3) is 0 Å². The summed E-state index contributed by atoms with van der Waals surface area (Å²) in [7, 11) is 0. The largest absolute Gasteiger partial charge is 0.480 e. The molecule has 1 amide bonds. The van der Waals surface area contributed by atoms with Crippen LogP contribution in [0, 0.1) is 5.92 Å². The Labute approximate surface area is 125 Å². The monoisotopic (exact) mass is 289 g/mol. The highest BCUT2D eigenvalue weighted by atomic mass is 16.4. The summed E-state index contributed by atoms with van der Waals surface area (Å²) >= 11 is 0. The average molecular weight is 289 g/mol. The van der Waals surface area contributed by atoms with Crippen molar-refractivity contribution in [3.8, 4) is 0 Å². The maximum absolute atomic E-state index is 12.0. The van der Waals surface area contributed by atoms with Gasteiger partial charge in [0.2, 0.25) is 5.91 Å². The van der Waals surface area contributed by atoms with Gasteiger partial charge in [-0.15, -0.1) is 0 Å². The Morgan fingerprint density at radius 2 is 1.86 bits per heavy atom. The van der Waals surface area contributed by atoms with Crippen LogP contribution in [0.4, 0.5) is 0 Å². The summed E-state index contributed by atoms with van der Waals surface area (Å²) in [6.07, 6.45) is 6.11. The number of aliphatic carboxylic acids is 1. The summed E-state index contributed by atoms with van der Waals surface area (Å²) in [6.45, 7) is 0. The lowest BCUT2D eigenvalue weighted by atomic mass is 10.0. The summed E-state index contributed by atoms with van der Waals surface area (Å²) in [5.74, 6) is -0.637. The van der Waals surface area contributed by atoms with E-state index in [1.807, 2.05) is 30.3 Å². The molecule has 0 saturated heterocycles. The van der Waals surface area contributed by atoms with E-state index in [-0.39, 0.29) is 5.91 Å². The molecule has 1 aliphatic rings. The molecule has 1 atom stereocenters. The van der Waals surface area contributed by atoms with Gasteiger partial charge in [-0.05, 0) is 37.2 Å². The van der Waals surface area contributed by atoms with Crippen LogP contribution >= 0.6 is 0 Å². The third-order valence-electron chi connectivity index (χ3n) is 4.15. The molecule has 114 valence electrons. The normalized spacial score (nSPS) is 16.6. The van der Waals surface area contributed by atoms with E-state index < -0.39 is 12.0 Å². The molecule has 0 radical (unpaired) electrons. The highest BCUT2D eigenvalue weighted by molar-refractivity contribution is 5.83. The van der Waals surface area contributed by atoms with Gasteiger partial charge < -0.3 is 10.4 Å². The molecular weight excluding hydrogens is 266 g/mol. The number of hydrogen-bond donors (Lipinski definition) is 2. The number of benzene rings is 1. The average Bonchev–Trinajstić information content (AvgIpc) is 2.97. The number of hydrogen-bond acceptors (Lipinski definition) is 2. The summed E-state index contributed by atoms with van der Waals surface area (Å²) in [6, 6.07) is 8.95. The Kier molecular flexibility index (Phi) is 5.78. The Bertz CT molecular complexity index is 466. The van der Waals surface area contributed by atoms with Crippen molar-refractivity contribution in [1.82, 2.24) is 5.32 Å². The first-order valence-electron chi connectivity index (χ1n) is 7.71. The number of carbonyl (C=O) groups excluding carboxylic acids is 1. The van der Waals surface area contributed by atoms with Crippen LogP contribution in [-0.2, 0) is 16.0 Å². The number of amides is 1. The fourth-order valence-corrected chi connectivity index (χ4v) is 2.94. The number of nitrogens with one attached hydrogen (secondary N) is 1. The van der Waals surface area contributed by atoms with Gasteiger partial charge in [-0.25, -0.2) is 4.79 Å². The number of carboxylic acid groups (broad SMARTS) is 1. The second-order valence-electron chi connectivity index (χ2n) is 5.84. The molecule has 0 unspecified atom stereocenters. The van der Waals surface area contributed by atoms with E-state index in [0.29, 0.717) is 25.2 Å². The second-order valence-corrected chi connectivity index (χ2v) is 5.84. The van der Waals surface area contributed by atoms with Crippen LogP contribution in [0.5, 0.6) is 0 Å². The molecule has 0 bridgehead atoms. The van der Waals surface area contributed by atoms with Crippen molar-refractivity contribution in [2.24, 2.45) is 5.92 Å². The fourth-order valence-electron chi connectivity index (χ4n) is 2.94. The lowest BCUT2D eigenvalue weighted by Crippen LogP contribution is -2.41. The molecular formula is C17H23NO3. The molecule has 2 N–H and O–H groups in total. The lowest BCUT2D eigenvalue weighted by molar-refractivity contribution is -0.142. The van der Waals surface area contributed by atoms with Crippen LogP contribution in [0.2, 0.25) is 0 Å². The first-order chi connectivity index (χ1) is 10.1. The molecule has 1 fully saturated rings. The Morgan fingerprint density at radius 3 is 2.48 bits per heavy atom. The molecule has 2 rings (SSSR count). The van der Waals surface area contributed by atoms with Crippen LogP contribution < -0.4 is 5.32 Å². The minimum Gasteiger partial charge on any atom is -0.480 e. The highest BCUT2D eigenvalue weighted by Gasteiger charge is 2.23. The zero-order valence-electron chi connectivity index (χ0n) is 12.3. The predicted octanol–water partition coefficient (Wildman–Crippen LogP) is 2.77. The van der Waals surface area contributed by atoms with E-state index in [2.05, 4.69) is 5.32 Å². The summed E-state index contributed by atoms with van der Waals surface area (Å²) in [5, 5.41) is 11.9. The van der Waals surface area contributed by atoms with Crippen LogP contribution in [-0.4, -0.2) is 23.0 Å². The molecule has 4 heteroatoms. The zero-order chi connectivity index (χ0) is 15.1. The standard InChI is InChI=1S/C17H23NO3/c19-16(12-14-8-4-5-9-14)18-15(17(20)21)11-10-13-6-2-1-3-7-13/h1-3,6-7,14-15H,4-5,8-12H2,(H,18,19)(H,20,21)/t15-/m0/s1. The maximum Gasteiger partial charge on any atom is 0.326 e. The number of rotatable bonds is 7. The van der Waals surface area contributed by atoms with Gasteiger partial charge in [0.05, 0.1) is 0 Å². The van der Waals surface area contributed by atoms with Crippen molar-refractivity contribution < 1.29 is 14.7 Å². The SMILES string of the molecule is O=C(CC1CCCC1)N[C@@H](CCc1ccccc1)C(=O)O. The molecule has 1 aromatic carbocycles. The summed E-state index contributed by atoms with van der Waals surface area (Å²) in [4.78, 5) is 23.2. The van der Waals surface area contributed by atoms with E-state index in [1.54, 1.807) is 0 Å². The van der Waals surface area contributed by atoms with E-state index in [0.717, 1.165) is 18.4 Å². The summed E-state index contributed by atoms with van der Waals surface area (Å²) < 4.78 is 0. The first kappa shape index (κ1) is 15.5. The van der Waals surface area contributed by atoms with Crippen LogP contribution in [0.1, 0.15) is 44.1 Å². The first-order valence-corrected chi connectivity index (χ1v) is 7.71. The number of aryl methyl sites for hydroxylation is 1. The van der Waals surface area contributed by atoms with Crippen LogP contribution in [0.3, 0.4) is 0 Å². The van der Waals surface area contributed by atoms with Crippen molar-refractivity contribution in [3.63, 3.8) is 0 Å². The van der Waals surface area contributed by atoms with Gasteiger partial charge in [0.1, 0.15) is 6.04 Å². The summed E-state index contributed by atoms with van der Waals surface area (Å²) in [5.41, 5.74) is 1.09. The molecule has 21 heavy (non-hydrogen) atoms. The second kappa shape index (κ2) is 7.81. The molecule has 1 aliphatic carbocycles. The van der Waals surface area contributed by atoms with Gasteiger partial charge in [-0.1, -0.05) is 43.2 Å². The van der Waals surface area contributed by atoms with Crippen molar-refractivity contribution in [2.75, 3.05) is 0 Å². The minimum atomic E-state index is -0.953. The van der Waals surface area contributed by atoms with Gasteiger partial charge in [0.25, 0.3) is 0 Å². The fraction of sp³-hybridized carbons (Fsp3) is 0.529. The number of carboxylic acids is 1. The molecule has 1 aromatic rings. The third-order valence-corrected chi connectivity index (χ3v) is 4.15. The molecule has 0 aliphatic heterocycles. The lowest BCUT2D eigenvalue weighted by Gasteiger charge is -2.16.